The first-order valence-electron chi connectivity index (χ1n) is 5.17. The Labute approximate surface area is 95.2 Å². The maximum Gasteiger partial charge on any atom is 0.0245 e. The van der Waals surface area contributed by atoms with Gasteiger partial charge in [-0.1, -0.05) is 71.3 Å². The van der Waals surface area contributed by atoms with Crippen molar-refractivity contribution in [1.82, 2.24) is 0 Å². The molecule has 0 aliphatic carbocycles. The molecule has 0 aliphatic heterocycles. The molecule has 0 aromatic heterocycles. The van der Waals surface area contributed by atoms with Gasteiger partial charge in [0.25, 0.3) is 0 Å². The third-order valence-corrected chi connectivity index (χ3v) is 2.91. The molecule has 0 saturated heterocycles. The minimum atomic E-state index is 0.988. The minimum Gasteiger partial charge on any atom is -0.0880 e. The van der Waals surface area contributed by atoms with Crippen molar-refractivity contribution in [2.24, 2.45) is 0 Å². The fraction of sp³-hybridized carbons (Fsp3) is 0.385. The molecule has 0 atom stereocenters. The van der Waals surface area contributed by atoms with Crippen LogP contribution in [0.25, 0.3) is 6.08 Å². The highest BCUT2D eigenvalue weighted by molar-refractivity contribution is 9.09. The van der Waals surface area contributed by atoms with Crippen molar-refractivity contribution in [3.05, 3.63) is 41.5 Å². The third-order valence-electron chi connectivity index (χ3n) is 2.19. The summed E-state index contributed by atoms with van der Waals surface area (Å²) in [6.07, 6.45) is 6.03. The van der Waals surface area contributed by atoms with E-state index in [1.165, 1.54) is 30.4 Å². The summed E-state index contributed by atoms with van der Waals surface area (Å²) in [7, 11) is 0. The molecule has 0 saturated carbocycles. The van der Waals surface area contributed by atoms with Gasteiger partial charge in [-0.25, -0.2) is 0 Å². The average molecular weight is 253 g/mol. The van der Waals surface area contributed by atoms with E-state index in [-0.39, 0.29) is 0 Å². The van der Waals surface area contributed by atoms with E-state index in [1.54, 1.807) is 0 Å². The highest BCUT2D eigenvalue weighted by atomic mass is 79.9. The Kier molecular flexibility index (Phi) is 5.62. The molecule has 0 aliphatic rings. The van der Waals surface area contributed by atoms with Crippen LogP contribution < -0.4 is 0 Å². The molecule has 0 N–H and O–H groups in total. The molecule has 1 aromatic rings. The maximum atomic E-state index is 3.54. The first-order valence-corrected chi connectivity index (χ1v) is 6.29. The Morgan fingerprint density at radius 3 is 2.57 bits per heavy atom. The Hall–Kier alpha value is -0.560. The van der Waals surface area contributed by atoms with Crippen molar-refractivity contribution in [2.45, 2.75) is 26.2 Å². The van der Waals surface area contributed by atoms with Gasteiger partial charge in [-0.2, -0.15) is 0 Å². The molecule has 0 spiro atoms. The van der Waals surface area contributed by atoms with E-state index in [0.29, 0.717) is 0 Å². The van der Waals surface area contributed by atoms with Crippen LogP contribution in [-0.2, 0) is 0 Å². The number of alkyl halides is 1. The smallest absolute Gasteiger partial charge is 0.0245 e. The van der Waals surface area contributed by atoms with Crippen molar-refractivity contribution in [3.63, 3.8) is 0 Å². The standard InChI is InChI=1S/C13H17Br/c1-2-3-7-13(11-14)10-12-8-5-4-6-9-12/h4-6,8-10H,2-3,7,11H2,1H3. The summed E-state index contributed by atoms with van der Waals surface area (Å²) in [4.78, 5) is 0. The largest absolute Gasteiger partial charge is 0.0880 e. The zero-order valence-electron chi connectivity index (χ0n) is 8.67. The Balaban J connectivity index is 2.64. The second kappa shape index (κ2) is 6.83. The van der Waals surface area contributed by atoms with Crippen LogP contribution in [0.1, 0.15) is 31.7 Å². The van der Waals surface area contributed by atoms with Gasteiger partial charge in [-0.15, -0.1) is 0 Å². The maximum absolute atomic E-state index is 3.54. The Bertz CT molecular complexity index is 275. The summed E-state index contributed by atoms with van der Waals surface area (Å²) in [5, 5.41) is 0.988. The molecule has 0 nitrogen and oxygen atoms in total. The van der Waals surface area contributed by atoms with Gasteiger partial charge in [-0.3, -0.25) is 0 Å². The molecule has 14 heavy (non-hydrogen) atoms. The van der Waals surface area contributed by atoms with Gasteiger partial charge in [0.15, 0.2) is 0 Å². The summed E-state index contributed by atoms with van der Waals surface area (Å²) >= 11 is 3.54. The number of hydrogen-bond donors (Lipinski definition) is 0. The van der Waals surface area contributed by atoms with Gasteiger partial charge in [0.1, 0.15) is 0 Å². The van der Waals surface area contributed by atoms with Gasteiger partial charge in [-0.05, 0) is 18.4 Å². The average Bonchev–Trinajstić information content (AvgIpc) is 2.25. The van der Waals surface area contributed by atoms with Crippen LogP contribution in [0.5, 0.6) is 0 Å². The van der Waals surface area contributed by atoms with Gasteiger partial charge in [0, 0.05) is 5.33 Å². The van der Waals surface area contributed by atoms with Crippen LogP contribution in [0.2, 0.25) is 0 Å². The zero-order valence-corrected chi connectivity index (χ0v) is 10.3. The molecular formula is C13H17Br. The first kappa shape index (κ1) is 11.5. The molecule has 0 amide bonds. The highest BCUT2D eigenvalue weighted by Crippen LogP contribution is 2.14. The topological polar surface area (TPSA) is 0 Å². The van der Waals surface area contributed by atoms with Gasteiger partial charge < -0.3 is 0 Å². The lowest BCUT2D eigenvalue weighted by atomic mass is 10.1. The zero-order chi connectivity index (χ0) is 10.2. The monoisotopic (exact) mass is 252 g/mol. The number of halogens is 1. The van der Waals surface area contributed by atoms with E-state index >= 15 is 0 Å². The molecule has 1 aromatic carbocycles. The summed E-state index contributed by atoms with van der Waals surface area (Å²) in [6.45, 7) is 2.23. The lowest BCUT2D eigenvalue weighted by molar-refractivity contribution is 0.793. The van der Waals surface area contributed by atoms with Crippen LogP contribution in [0.4, 0.5) is 0 Å². The number of benzene rings is 1. The summed E-state index contributed by atoms with van der Waals surface area (Å²) < 4.78 is 0. The quantitative estimate of drug-likeness (QED) is 0.670. The van der Waals surface area contributed by atoms with Crippen LogP contribution in [-0.4, -0.2) is 5.33 Å². The lowest BCUT2D eigenvalue weighted by Gasteiger charge is -2.02. The van der Waals surface area contributed by atoms with Crippen molar-refractivity contribution >= 4 is 22.0 Å². The molecule has 0 fully saturated rings. The van der Waals surface area contributed by atoms with Gasteiger partial charge >= 0.3 is 0 Å². The van der Waals surface area contributed by atoms with Crippen molar-refractivity contribution in [1.29, 1.82) is 0 Å². The second-order valence-corrected chi connectivity index (χ2v) is 4.01. The van der Waals surface area contributed by atoms with Crippen LogP contribution in [0.15, 0.2) is 35.9 Å². The number of rotatable bonds is 5. The SMILES string of the molecule is CCCCC(=Cc1ccccc1)CBr. The molecule has 1 rings (SSSR count). The normalized spacial score (nSPS) is 11.7. The van der Waals surface area contributed by atoms with E-state index in [0.717, 1.165) is 5.33 Å². The van der Waals surface area contributed by atoms with E-state index in [2.05, 4.69) is 59.3 Å². The van der Waals surface area contributed by atoms with Gasteiger partial charge in [0.05, 0.1) is 0 Å². The molecule has 76 valence electrons. The van der Waals surface area contributed by atoms with Gasteiger partial charge in [0.2, 0.25) is 0 Å². The molecular weight excluding hydrogens is 236 g/mol. The highest BCUT2D eigenvalue weighted by Gasteiger charge is 1.95. The Morgan fingerprint density at radius 1 is 1.29 bits per heavy atom. The first-order chi connectivity index (χ1) is 6.86. The van der Waals surface area contributed by atoms with E-state index < -0.39 is 0 Å². The molecule has 0 radical (unpaired) electrons. The van der Waals surface area contributed by atoms with Crippen molar-refractivity contribution in [3.8, 4) is 0 Å². The fourth-order valence-electron chi connectivity index (χ4n) is 1.37. The predicted molar refractivity (Wildman–Crippen MR) is 67.7 cm³/mol. The molecule has 0 unspecified atom stereocenters. The van der Waals surface area contributed by atoms with E-state index in [1.807, 2.05) is 0 Å². The number of allylic oxidation sites excluding steroid dienone is 1. The van der Waals surface area contributed by atoms with Crippen molar-refractivity contribution < 1.29 is 0 Å². The van der Waals surface area contributed by atoms with Crippen LogP contribution >= 0.6 is 15.9 Å². The number of unbranched alkanes of at least 4 members (excludes halogenated alkanes) is 1. The van der Waals surface area contributed by atoms with E-state index in [4.69, 9.17) is 0 Å². The molecule has 1 heteroatoms. The summed E-state index contributed by atoms with van der Waals surface area (Å²) in [5.74, 6) is 0. The van der Waals surface area contributed by atoms with Crippen molar-refractivity contribution in [2.75, 3.05) is 5.33 Å². The fourth-order valence-corrected chi connectivity index (χ4v) is 1.81. The lowest BCUT2D eigenvalue weighted by Crippen LogP contribution is -1.85. The second-order valence-electron chi connectivity index (χ2n) is 3.45. The van der Waals surface area contributed by atoms with E-state index in [9.17, 15) is 0 Å². The van der Waals surface area contributed by atoms with Crippen LogP contribution in [0, 0.1) is 0 Å². The molecule has 0 bridgehead atoms. The predicted octanol–water partition coefficient (Wildman–Crippen LogP) is 4.66. The summed E-state index contributed by atoms with van der Waals surface area (Å²) in [6, 6.07) is 10.5. The molecule has 0 heterocycles. The summed E-state index contributed by atoms with van der Waals surface area (Å²) in [5.41, 5.74) is 2.79. The number of hydrogen-bond acceptors (Lipinski definition) is 0. The van der Waals surface area contributed by atoms with Crippen LogP contribution in [0.3, 0.4) is 0 Å². The minimum absolute atomic E-state index is 0.988. The third kappa shape index (κ3) is 4.10. The Morgan fingerprint density at radius 2 is 2.00 bits per heavy atom.